The summed E-state index contributed by atoms with van der Waals surface area (Å²) in [6, 6.07) is 8.35. The molecule has 2 N–H and O–H groups in total. The number of aryl methyl sites for hydroxylation is 1. The van der Waals surface area contributed by atoms with Crippen LogP contribution in [0.1, 0.15) is 5.56 Å². The molecule has 3 rings (SSSR count). The maximum Gasteiger partial charge on any atom is 0.530 e. The van der Waals surface area contributed by atoms with Crippen LogP contribution in [0.3, 0.4) is 0 Å². The second kappa shape index (κ2) is 8.20. The number of nitrogens with zero attached hydrogens (tertiary/aromatic N) is 1. The molecule has 10 nitrogen and oxygen atoms in total. The highest BCUT2D eigenvalue weighted by molar-refractivity contribution is 7.49. The Morgan fingerprint density at radius 2 is 2.07 bits per heavy atom. The zero-order chi connectivity index (χ0) is 19.4. The van der Waals surface area contributed by atoms with E-state index in [1.165, 1.54) is 6.20 Å². The zero-order valence-corrected chi connectivity index (χ0v) is 15.3. The van der Waals surface area contributed by atoms with Gasteiger partial charge in [-0.2, -0.15) is 0 Å². The average molecular weight is 398 g/mol. The Morgan fingerprint density at radius 1 is 1.33 bits per heavy atom. The number of aromatic amines is 1. The fourth-order valence-electron chi connectivity index (χ4n) is 2.39. The van der Waals surface area contributed by atoms with E-state index in [9.17, 15) is 19.3 Å². The summed E-state index contributed by atoms with van der Waals surface area (Å²) in [5.74, 6) is 0.298. The van der Waals surface area contributed by atoms with Crippen molar-refractivity contribution in [2.45, 2.75) is 25.9 Å². The molecule has 0 saturated carbocycles. The van der Waals surface area contributed by atoms with Crippen LogP contribution in [-0.2, 0) is 25.1 Å². The van der Waals surface area contributed by atoms with E-state index in [4.69, 9.17) is 18.3 Å². The van der Waals surface area contributed by atoms with Crippen LogP contribution in [0, 0.1) is 6.92 Å². The maximum absolute atomic E-state index is 12.6. The summed E-state index contributed by atoms with van der Waals surface area (Å²) in [4.78, 5) is 25.3. The van der Waals surface area contributed by atoms with Crippen molar-refractivity contribution in [2.75, 3.05) is 13.2 Å². The van der Waals surface area contributed by atoms with Gasteiger partial charge in [-0.1, -0.05) is 18.2 Å². The quantitative estimate of drug-likeness (QED) is 0.683. The lowest BCUT2D eigenvalue weighted by Crippen LogP contribution is -2.43. The summed E-state index contributed by atoms with van der Waals surface area (Å²) in [7, 11) is -3.92. The first-order valence-electron chi connectivity index (χ1n) is 8.10. The molecule has 146 valence electrons. The van der Waals surface area contributed by atoms with Gasteiger partial charge in [0.05, 0.1) is 13.2 Å². The fraction of sp³-hybridized carbons (Fsp3) is 0.375. The van der Waals surface area contributed by atoms with Gasteiger partial charge in [-0.15, -0.1) is 0 Å². The van der Waals surface area contributed by atoms with Gasteiger partial charge in [0, 0.05) is 11.8 Å². The monoisotopic (exact) mass is 398 g/mol. The predicted molar refractivity (Wildman–Crippen MR) is 93.5 cm³/mol. The number of phosphoric acid groups is 1. The van der Waals surface area contributed by atoms with Crippen LogP contribution in [0.25, 0.3) is 0 Å². The Morgan fingerprint density at radius 3 is 2.78 bits per heavy atom. The van der Waals surface area contributed by atoms with Crippen molar-refractivity contribution in [3.05, 3.63) is 62.9 Å². The molecule has 27 heavy (non-hydrogen) atoms. The van der Waals surface area contributed by atoms with E-state index in [1.807, 2.05) is 0 Å². The van der Waals surface area contributed by atoms with Crippen LogP contribution >= 0.6 is 7.82 Å². The molecule has 1 fully saturated rings. The minimum atomic E-state index is -3.92. The molecule has 3 unspecified atom stereocenters. The number of hydrogen-bond acceptors (Lipinski definition) is 8. The largest absolute Gasteiger partial charge is 0.530 e. The van der Waals surface area contributed by atoms with Crippen molar-refractivity contribution in [3.63, 3.8) is 0 Å². The number of nitrogens with one attached hydrogen (secondary N) is 1. The Bertz CT molecular complexity index is 941. The highest BCUT2D eigenvalue weighted by Crippen LogP contribution is 2.53. The van der Waals surface area contributed by atoms with Gasteiger partial charge in [-0.05, 0) is 19.1 Å². The van der Waals surface area contributed by atoms with E-state index < -0.39 is 37.9 Å². The van der Waals surface area contributed by atoms with Crippen LogP contribution < -0.4 is 15.8 Å². The number of ether oxygens (including phenoxy) is 1. The molecule has 2 heterocycles. The van der Waals surface area contributed by atoms with Crippen LogP contribution in [0.4, 0.5) is 0 Å². The number of aliphatic hydroxyl groups is 1. The topological polar surface area (TPSA) is 129 Å². The number of rotatable bonds is 6. The van der Waals surface area contributed by atoms with Crippen LogP contribution in [0.15, 0.2) is 46.1 Å². The molecule has 0 amide bonds. The number of aliphatic hydroxyl groups excluding tert-OH is 1. The summed E-state index contributed by atoms with van der Waals surface area (Å²) in [6.45, 7) is 0.672. The summed E-state index contributed by atoms with van der Waals surface area (Å²) in [5, 5.41) is 9.54. The first-order valence-corrected chi connectivity index (χ1v) is 9.57. The van der Waals surface area contributed by atoms with E-state index in [-0.39, 0.29) is 13.3 Å². The van der Waals surface area contributed by atoms with E-state index in [0.29, 0.717) is 11.3 Å². The lowest BCUT2D eigenvalue weighted by Gasteiger charge is -2.33. The molecule has 1 aliphatic heterocycles. The Kier molecular flexibility index (Phi) is 5.93. The van der Waals surface area contributed by atoms with Crippen molar-refractivity contribution in [1.82, 2.24) is 9.55 Å². The zero-order valence-electron chi connectivity index (χ0n) is 14.4. The predicted octanol–water partition coefficient (Wildman–Crippen LogP) is 0.783. The first-order chi connectivity index (χ1) is 12.9. The molecule has 1 aliphatic rings. The molecule has 1 aromatic carbocycles. The molecular formula is C16H19N2O8P. The third kappa shape index (κ3) is 4.74. The van der Waals surface area contributed by atoms with Gasteiger partial charge in [-0.25, -0.2) is 9.36 Å². The summed E-state index contributed by atoms with van der Waals surface area (Å²) >= 11 is 0. The molecular weight excluding hydrogens is 379 g/mol. The molecule has 11 heteroatoms. The number of H-pyrrole nitrogens is 1. The molecule has 2 aromatic rings. The standard InChI is InChI=1S/C16H19N2O8P/c1-11-7-18(16(21)17-15(11)20)10-23-14-9-24-27(22,26-13(14)8-19)25-12-5-3-2-4-6-12/h2-7,13-14,19H,8-10H2,1H3,(H,17,20,21). The van der Waals surface area contributed by atoms with Crippen LogP contribution in [0.5, 0.6) is 5.75 Å². The van der Waals surface area contributed by atoms with E-state index in [0.717, 1.165) is 4.57 Å². The summed E-state index contributed by atoms with van der Waals surface area (Å²) < 4.78 is 35.1. The van der Waals surface area contributed by atoms with E-state index in [1.54, 1.807) is 37.3 Å². The van der Waals surface area contributed by atoms with Gasteiger partial charge in [0.25, 0.3) is 5.56 Å². The third-order valence-electron chi connectivity index (χ3n) is 3.83. The van der Waals surface area contributed by atoms with Crippen molar-refractivity contribution in [1.29, 1.82) is 0 Å². The number of phosphoric ester groups is 1. The van der Waals surface area contributed by atoms with Crippen molar-refractivity contribution < 1.29 is 28.0 Å². The van der Waals surface area contributed by atoms with Crippen molar-refractivity contribution in [3.8, 4) is 5.75 Å². The fourth-order valence-corrected chi connectivity index (χ4v) is 3.79. The van der Waals surface area contributed by atoms with Gasteiger partial charge < -0.3 is 14.4 Å². The molecule has 0 radical (unpaired) electrons. The normalized spacial score (nSPS) is 25.3. The van der Waals surface area contributed by atoms with Gasteiger partial charge >= 0.3 is 13.5 Å². The lowest BCUT2D eigenvalue weighted by atomic mass is 10.2. The average Bonchev–Trinajstić information content (AvgIpc) is 2.65. The number of para-hydroxylation sites is 1. The lowest BCUT2D eigenvalue weighted by molar-refractivity contribution is -0.122. The smallest absolute Gasteiger partial charge is 0.404 e. The highest BCUT2D eigenvalue weighted by atomic mass is 31.2. The first kappa shape index (κ1) is 19.5. The molecule has 1 aromatic heterocycles. The number of hydrogen-bond donors (Lipinski definition) is 2. The minimum Gasteiger partial charge on any atom is -0.404 e. The molecule has 0 bridgehead atoms. The van der Waals surface area contributed by atoms with Crippen molar-refractivity contribution in [2.24, 2.45) is 0 Å². The summed E-state index contributed by atoms with van der Waals surface area (Å²) in [6.07, 6.45) is -0.424. The molecule has 0 aliphatic carbocycles. The summed E-state index contributed by atoms with van der Waals surface area (Å²) in [5.41, 5.74) is -0.775. The van der Waals surface area contributed by atoms with Gasteiger partial charge in [-0.3, -0.25) is 23.4 Å². The third-order valence-corrected chi connectivity index (χ3v) is 5.26. The maximum atomic E-state index is 12.6. The number of benzene rings is 1. The van der Waals surface area contributed by atoms with E-state index in [2.05, 4.69) is 4.98 Å². The van der Waals surface area contributed by atoms with Crippen LogP contribution in [0.2, 0.25) is 0 Å². The van der Waals surface area contributed by atoms with Gasteiger partial charge in [0.2, 0.25) is 0 Å². The molecule has 0 spiro atoms. The Labute approximate surface area is 153 Å². The highest BCUT2D eigenvalue weighted by Gasteiger charge is 2.42. The SMILES string of the molecule is Cc1cn(COC2COP(=O)(Oc3ccccc3)OC2CO)c(=O)[nH]c1=O. The molecule has 3 atom stereocenters. The van der Waals surface area contributed by atoms with Crippen LogP contribution in [-0.4, -0.2) is 40.1 Å². The second-order valence-electron chi connectivity index (χ2n) is 5.85. The minimum absolute atomic E-state index is 0.174. The van der Waals surface area contributed by atoms with Crippen molar-refractivity contribution >= 4 is 7.82 Å². The Balaban J connectivity index is 1.65. The second-order valence-corrected chi connectivity index (χ2v) is 7.40. The van der Waals surface area contributed by atoms with Gasteiger partial charge in [0.15, 0.2) is 0 Å². The Hall–Kier alpha value is -2.23. The number of aromatic nitrogens is 2. The van der Waals surface area contributed by atoms with Gasteiger partial charge in [0.1, 0.15) is 24.7 Å². The van der Waals surface area contributed by atoms with E-state index >= 15 is 0 Å². The molecule has 1 saturated heterocycles.